The van der Waals surface area contributed by atoms with E-state index in [1.165, 1.54) is 5.56 Å². The Morgan fingerprint density at radius 1 is 1.38 bits per heavy atom. The van der Waals surface area contributed by atoms with E-state index >= 15 is 0 Å². The molecule has 4 heteroatoms. The van der Waals surface area contributed by atoms with Gasteiger partial charge in [0.15, 0.2) is 0 Å². The SMILES string of the molecule is Cc1cc(Br)cnc1N1CC(C)OC(C)C1. The quantitative estimate of drug-likeness (QED) is 0.793. The van der Waals surface area contributed by atoms with Gasteiger partial charge in [-0.05, 0) is 48.3 Å². The number of rotatable bonds is 1. The predicted molar refractivity (Wildman–Crippen MR) is 68.9 cm³/mol. The van der Waals surface area contributed by atoms with E-state index in [2.05, 4.69) is 52.7 Å². The van der Waals surface area contributed by atoms with Crippen molar-refractivity contribution in [3.05, 3.63) is 22.3 Å². The van der Waals surface area contributed by atoms with Crippen molar-refractivity contribution >= 4 is 21.7 Å². The number of morpholine rings is 1. The van der Waals surface area contributed by atoms with E-state index in [1.807, 2.05) is 6.20 Å². The Hall–Kier alpha value is -0.610. The molecule has 0 aromatic carbocycles. The molecule has 0 bridgehead atoms. The molecule has 2 heterocycles. The molecule has 2 atom stereocenters. The number of nitrogens with zero attached hydrogens (tertiary/aromatic N) is 2. The fraction of sp³-hybridized carbons (Fsp3) is 0.583. The van der Waals surface area contributed by atoms with E-state index in [0.29, 0.717) is 0 Å². The van der Waals surface area contributed by atoms with Crippen molar-refractivity contribution in [3.8, 4) is 0 Å². The van der Waals surface area contributed by atoms with Crippen molar-refractivity contribution in [1.29, 1.82) is 0 Å². The van der Waals surface area contributed by atoms with Gasteiger partial charge in [0, 0.05) is 23.8 Å². The van der Waals surface area contributed by atoms with Gasteiger partial charge in [0.05, 0.1) is 12.2 Å². The highest BCUT2D eigenvalue weighted by atomic mass is 79.9. The fourth-order valence-electron chi connectivity index (χ4n) is 2.22. The average molecular weight is 285 g/mol. The minimum Gasteiger partial charge on any atom is -0.372 e. The summed E-state index contributed by atoms with van der Waals surface area (Å²) in [6.07, 6.45) is 2.40. The zero-order chi connectivity index (χ0) is 11.7. The van der Waals surface area contributed by atoms with E-state index in [0.717, 1.165) is 23.4 Å². The van der Waals surface area contributed by atoms with Crippen LogP contribution >= 0.6 is 15.9 Å². The molecule has 1 saturated heterocycles. The molecule has 88 valence electrons. The number of hydrogen-bond acceptors (Lipinski definition) is 3. The summed E-state index contributed by atoms with van der Waals surface area (Å²) in [6.45, 7) is 8.14. The second-order valence-corrected chi connectivity index (χ2v) is 5.37. The van der Waals surface area contributed by atoms with E-state index in [1.54, 1.807) is 0 Å². The number of pyridine rings is 1. The highest BCUT2D eigenvalue weighted by Crippen LogP contribution is 2.23. The van der Waals surface area contributed by atoms with Crippen LogP contribution in [0.25, 0.3) is 0 Å². The van der Waals surface area contributed by atoms with E-state index in [4.69, 9.17) is 4.74 Å². The molecule has 0 saturated carbocycles. The standard InChI is InChI=1S/C12H17BrN2O/c1-8-4-11(13)5-14-12(8)15-6-9(2)16-10(3)7-15/h4-5,9-10H,6-7H2,1-3H3. The van der Waals surface area contributed by atoms with Crippen LogP contribution in [0.5, 0.6) is 0 Å². The van der Waals surface area contributed by atoms with Crippen LogP contribution in [0, 0.1) is 6.92 Å². The van der Waals surface area contributed by atoms with Crippen LogP contribution in [-0.4, -0.2) is 30.3 Å². The molecule has 16 heavy (non-hydrogen) atoms. The van der Waals surface area contributed by atoms with Gasteiger partial charge in [0.2, 0.25) is 0 Å². The van der Waals surface area contributed by atoms with Crippen LogP contribution in [0.1, 0.15) is 19.4 Å². The van der Waals surface area contributed by atoms with E-state index in [9.17, 15) is 0 Å². The third kappa shape index (κ3) is 2.55. The molecule has 2 unspecified atom stereocenters. The molecular formula is C12H17BrN2O. The van der Waals surface area contributed by atoms with Crippen molar-refractivity contribution in [3.63, 3.8) is 0 Å². The van der Waals surface area contributed by atoms with Crippen LogP contribution in [0.15, 0.2) is 16.7 Å². The van der Waals surface area contributed by atoms with Gasteiger partial charge >= 0.3 is 0 Å². The Morgan fingerprint density at radius 3 is 2.56 bits per heavy atom. The van der Waals surface area contributed by atoms with Gasteiger partial charge in [-0.25, -0.2) is 4.98 Å². The van der Waals surface area contributed by atoms with Gasteiger partial charge in [0.25, 0.3) is 0 Å². The van der Waals surface area contributed by atoms with Crippen molar-refractivity contribution in [2.75, 3.05) is 18.0 Å². The lowest BCUT2D eigenvalue weighted by Gasteiger charge is -2.36. The Kier molecular flexibility index (Phi) is 3.50. The summed E-state index contributed by atoms with van der Waals surface area (Å²) in [5, 5.41) is 0. The summed E-state index contributed by atoms with van der Waals surface area (Å²) in [6, 6.07) is 2.10. The summed E-state index contributed by atoms with van der Waals surface area (Å²) in [5.41, 5.74) is 1.20. The second kappa shape index (κ2) is 4.72. The first-order valence-electron chi connectivity index (χ1n) is 5.59. The van der Waals surface area contributed by atoms with Crippen LogP contribution in [0.2, 0.25) is 0 Å². The van der Waals surface area contributed by atoms with E-state index < -0.39 is 0 Å². The maximum atomic E-state index is 5.72. The summed E-state index contributed by atoms with van der Waals surface area (Å²) in [7, 11) is 0. The number of ether oxygens (including phenoxy) is 1. The Morgan fingerprint density at radius 2 is 2.00 bits per heavy atom. The lowest BCUT2D eigenvalue weighted by atomic mass is 10.2. The van der Waals surface area contributed by atoms with E-state index in [-0.39, 0.29) is 12.2 Å². The normalized spacial score (nSPS) is 25.9. The van der Waals surface area contributed by atoms with Crippen LogP contribution < -0.4 is 4.90 Å². The molecule has 0 aliphatic carbocycles. The van der Waals surface area contributed by atoms with Crippen LogP contribution in [-0.2, 0) is 4.74 Å². The summed E-state index contributed by atoms with van der Waals surface area (Å²) in [4.78, 5) is 6.80. The van der Waals surface area contributed by atoms with Gasteiger partial charge in [-0.1, -0.05) is 0 Å². The minimum absolute atomic E-state index is 0.272. The van der Waals surface area contributed by atoms with Gasteiger partial charge in [-0.3, -0.25) is 0 Å². The molecule has 0 N–H and O–H groups in total. The zero-order valence-electron chi connectivity index (χ0n) is 9.90. The largest absolute Gasteiger partial charge is 0.372 e. The number of aryl methyl sites for hydroxylation is 1. The molecule has 1 aromatic rings. The average Bonchev–Trinajstić information content (AvgIpc) is 2.15. The topological polar surface area (TPSA) is 25.4 Å². The number of aromatic nitrogens is 1. The lowest BCUT2D eigenvalue weighted by molar-refractivity contribution is -0.00549. The van der Waals surface area contributed by atoms with Crippen molar-refractivity contribution in [2.24, 2.45) is 0 Å². The van der Waals surface area contributed by atoms with Crippen LogP contribution in [0.4, 0.5) is 5.82 Å². The molecule has 3 nitrogen and oxygen atoms in total. The Balaban J connectivity index is 2.23. The third-order valence-corrected chi connectivity index (χ3v) is 3.17. The first-order chi connectivity index (χ1) is 7.56. The molecular weight excluding hydrogens is 268 g/mol. The maximum Gasteiger partial charge on any atom is 0.131 e. The van der Waals surface area contributed by atoms with Gasteiger partial charge in [-0.2, -0.15) is 0 Å². The van der Waals surface area contributed by atoms with Crippen molar-refractivity contribution in [2.45, 2.75) is 33.0 Å². The number of anilines is 1. The van der Waals surface area contributed by atoms with Gasteiger partial charge in [-0.15, -0.1) is 0 Å². The maximum absolute atomic E-state index is 5.72. The smallest absolute Gasteiger partial charge is 0.131 e. The molecule has 1 fully saturated rings. The number of halogens is 1. The third-order valence-electron chi connectivity index (χ3n) is 2.74. The Labute approximate surface area is 105 Å². The predicted octanol–water partition coefficient (Wildman–Crippen LogP) is 2.77. The first-order valence-corrected chi connectivity index (χ1v) is 6.38. The monoisotopic (exact) mass is 284 g/mol. The molecule has 0 radical (unpaired) electrons. The molecule has 1 aliphatic rings. The summed E-state index contributed by atoms with van der Waals surface area (Å²) in [5.74, 6) is 1.07. The molecule has 1 aliphatic heterocycles. The Bertz CT molecular complexity index is 373. The van der Waals surface area contributed by atoms with Crippen molar-refractivity contribution < 1.29 is 4.74 Å². The summed E-state index contributed by atoms with van der Waals surface area (Å²) < 4.78 is 6.75. The molecule has 1 aromatic heterocycles. The lowest BCUT2D eigenvalue weighted by Crippen LogP contribution is -2.46. The molecule has 0 amide bonds. The first kappa shape index (κ1) is 11.9. The van der Waals surface area contributed by atoms with Crippen molar-refractivity contribution in [1.82, 2.24) is 4.98 Å². The highest BCUT2D eigenvalue weighted by molar-refractivity contribution is 9.10. The second-order valence-electron chi connectivity index (χ2n) is 4.46. The minimum atomic E-state index is 0.272. The fourth-order valence-corrected chi connectivity index (χ4v) is 2.66. The van der Waals surface area contributed by atoms with Gasteiger partial charge < -0.3 is 9.64 Å². The molecule has 2 rings (SSSR count). The summed E-state index contributed by atoms with van der Waals surface area (Å²) >= 11 is 3.44. The molecule has 0 spiro atoms. The van der Waals surface area contributed by atoms with Gasteiger partial charge in [0.1, 0.15) is 5.82 Å². The zero-order valence-corrected chi connectivity index (χ0v) is 11.5. The number of hydrogen-bond donors (Lipinski definition) is 0. The highest BCUT2D eigenvalue weighted by Gasteiger charge is 2.23. The van der Waals surface area contributed by atoms with Crippen LogP contribution in [0.3, 0.4) is 0 Å².